The predicted octanol–water partition coefficient (Wildman–Crippen LogP) is 2.29. The molecule has 0 amide bonds. The van der Waals surface area contributed by atoms with E-state index in [4.69, 9.17) is 5.26 Å². The lowest BCUT2D eigenvalue weighted by atomic mass is 10.2. The van der Waals surface area contributed by atoms with Crippen LogP contribution >= 0.6 is 0 Å². The van der Waals surface area contributed by atoms with E-state index >= 15 is 0 Å². The van der Waals surface area contributed by atoms with Crippen LogP contribution in [0.3, 0.4) is 0 Å². The summed E-state index contributed by atoms with van der Waals surface area (Å²) in [7, 11) is 0. The fourth-order valence-corrected chi connectivity index (χ4v) is 2.14. The molecule has 1 saturated carbocycles. The first-order chi connectivity index (χ1) is 6.85. The van der Waals surface area contributed by atoms with Gasteiger partial charge in [-0.25, -0.2) is 0 Å². The summed E-state index contributed by atoms with van der Waals surface area (Å²) < 4.78 is 1.96. The van der Waals surface area contributed by atoms with E-state index in [0.717, 1.165) is 19.1 Å². The number of carbonyl (C=O) groups excluding carboxylic acids is 1. The second kappa shape index (κ2) is 3.67. The molecule has 0 aliphatic heterocycles. The minimum Gasteiger partial charge on any atom is -0.336 e. The van der Waals surface area contributed by atoms with Gasteiger partial charge in [-0.1, -0.05) is 12.8 Å². The molecule has 0 radical (unpaired) electrons. The highest BCUT2D eigenvalue weighted by Crippen LogP contribution is 2.31. The van der Waals surface area contributed by atoms with Crippen molar-refractivity contribution in [2.45, 2.75) is 31.7 Å². The molecule has 0 spiro atoms. The van der Waals surface area contributed by atoms with Crippen LogP contribution in [0.4, 0.5) is 0 Å². The number of aldehydes is 1. The van der Waals surface area contributed by atoms with Gasteiger partial charge in [-0.3, -0.25) is 4.79 Å². The molecule has 2 rings (SSSR count). The number of hydrogen-bond donors (Lipinski definition) is 0. The van der Waals surface area contributed by atoms with Gasteiger partial charge in [-0.15, -0.1) is 0 Å². The van der Waals surface area contributed by atoms with Crippen molar-refractivity contribution < 1.29 is 4.79 Å². The maximum absolute atomic E-state index is 10.6. The summed E-state index contributed by atoms with van der Waals surface area (Å²) in [5, 5.41) is 8.90. The molecular formula is C11H12N2O. The normalized spacial score (nSPS) is 16.8. The summed E-state index contributed by atoms with van der Waals surface area (Å²) in [5.74, 6) is 0. The first-order valence-electron chi connectivity index (χ1n) is 4.92. The number of aromatic nitrogens is 1. The van der Waals surface area contributed by atoms with E-state index in [2.05, 4.69) is 6.07 Å². The number of nitriles is 1. The fourth-order valence-electron chi connectivity index (χ4n) is 2.14. The molecule has 1 fully saturated rings. The van der Waals surface area contributed by atoms with E-state index in [9.17, 15) is 4.79 Å². The third-order valence-corrected chi connectivity index (χ3v) is 2.84. The zero-order valence-corrected chi connectivity index (χ0v) is 7.94. The van der Waals surface area contributed by atoms with Gasteiger partial charge in [0.15, 0.2) is 6.29 Å². The first kappa shape index (κ1) is 9.01. The van der Waals surface area contributed by atoms with Crippen LogP contribution in [0.25, 0.3) is 0 Å². The average Bonchev–Trinajstić information content (AvgIpc) is 2.85. The van der Waals surface area contributed by atoms with Crippen molar-refractivity contribution >= 4 is 6.29 Å². The minimum absolute atomic E-state index is 0.429. The summed E-state index contributed by atoms with van der Waals surface area (Å²) in [4.78, 5) is 10.6. The molecule has 1 aliphatic rings. The van der Waals surface area contributed by atoms with Crippen LogP contribution in [-0.2, 0) is 0 Å². The van der Waals surface area contributed by atoms with Crippen LogP contribution in [0.1, 0.15) is 47.8 Å². The van der Waals surface area contributed by atoms with E-state index < -0.39 is 0 Å². The topological polar surface area (TPSA) is 45.8 Å². The maximum atomic E-state index is 10.6. The lowest BCUT2D eigenvalue weighted by molar-refractivity contribution is 0.112. The summed E-state index contributed by atoms with van der Waals surface area (Å²) in [6, 6.07) is 4.22. The Labute approximate surface area is 83.0 Å². The Morgan fingerprint density at radius 1 is 1.50 bits per heavy atom. The van der Waals surface area contributed by atoms with Crippen molar-refractivity contribution in [1.29, 1.82) is 5.26 Å². The molecule has 3 heteroatoms. The Morgan fingerprint density at radius 2 is 2.21 bits per heavy atom. The van der Waals surface area contributed by atoms with Gasteiger partial charge in [-0.2, -0.15) is 5.26 Å². The van der Waals surface area contributed by atoms with Gasteiger partial charge in [0.05, 0.1) is 0 Å². The molecule has 0 aromatic carbocycles. The molecular weight excluding hydrogens is 176 g/mol. The molecule has 3 nitrogen and oxygen atoms in total. The zero-order chi connectivity index (χ0) is 9.97. The lowest BCUT2D eigenvalue weighted by Crippen LogP contribution is -2.04. The molecule has 1 heterocycles. The van der Waals surface area contributed by atoms with E-state index in [-0.39, 0.29) is 0 Å². The van der Waals surface area contributed by atoms with Crippen molar-refractivity contribution in [1.82, 2.24) is 4.57 Å². The molecule has 0 bridgehead atoms. The molecule has 14 heavy (non-hydrogen) atoms. The Balaban J connectivity index is 2.35. The first-order valence-corrected chi connectivity index (χ1v) is 4.92. The Bertz CT molecular complexity index is 380. The highest BCUT2D eigenvalue weighted by Gasteiger charge is 2.19. The Morgan fingerprint density at radius 3 is 2.79 bits per heavy atom. The molecule has 1 aromatic heterocycles. The van der Waals surface area contributed by atoms with Gasteiger partial charge in [-0.05, 0) is 18.9 Å². The van der Waals surface area contributed by atoms with Crippen LogP contribution in [0.15, 0.2) is 12.3 Å². The second-order valence-electron chi connectivity index (χ2n) is 3.73. The Hall–Kier alpha value is -1.56. The number of nitrogens with zero attached hydrogens (tertiary/aromatic N) is 2. The van der Waals surface area contributed by atoms with E-state index in [1.54, 1.807) is 12.3 Å². The SMILES string of the molecule is N#Cc1cc(C=O)cn1C1CCCC1. The highest BCUT2D eigenvalue weighted by molar-refractivity contribution is 5.75. The largest absolute Gasteiger partial charge is 0.336 e. The smallest absolute Gasteiger partial charge is 0.151 e. The van der Waals surface area contributed by atoms with Crippen molar-refractivity contribution in [2.75, 3.05) is 0 Å². The van der Waals surface area contributed by atoms with E-state index in [1.807, 2.05) is 4.57 Å². The van der Waals surface area contributed by atoms with Gasteiger partial charge >= 0.3 is 0 Å². The van der Waals surface area contributed by atoms with Gasteiger partial charge in [0.2, 0.25) is 0 Å². The second-order valence-corrected chi connectivity index (χ2v) is 3.73. The van der Waals surface area contributed by atoms with Gasteiger partial charge in [0, 0.05) is 17.8 Å². The van der Waals surface area contributed by atoms with Crippen LogP contribution in [-0.4, -0.2) is 10.9 Å². The number of rotatable bonds is 2. The summed E-state index contributed by atoms with van der Waals surface area (Å²) >= 11 is 0. The standard InChI is InChI=1S/C11H12N2O/c12-6-11-5-9(8-14)7-13(11)10-3-1-2-4-10/h5,7-8,10H,1-4H2. The molecule has 0 saturated heterocycles. The fraction of sp³-hybridized carbons (Fsp3) is 0.455. The maximum Gasteiger partial charge on any atom is 0.151 e. The van der Waals surface area contributed by atoms with Crippen LogP contribution in [0, 0.1) is 11.3 Å². The monoisotopic (exact) mass is 188 g/mol. The molecule has 0 atom stereocenters. The van der Waals surface area contributed by atoms with Crippen molar-refractivity contribution in [2.24, 2.45) is 0 Å². The number of carbonyl (C=O) groups is 1. The van der Waals surface area contributed by atoms with Gasteiger partial charge in [0.1, 0.15) is 11.8 Å². The lowest BCUT2D eigenvalue weighted by Gasteiger charge is -2.12. The third-order valence-electron chi connectivity index (χ3n) is 2.84. The summed E-state index contributed by atoms with van der Waals surface area (Å²) in [5.41, 5.74) is 1.22. The van der Waals surface area contributed by atoms with E-state index in [1.165, 1.54) is 12.8 Å². The van der Waals surface area contributed by atoms with Gasteiger partial charge < -0.3 is 4.57 Å². The quantitative estimate of drug-likeness (QED) is 0.668. The zero-order valence-electron chi connectivity index (χ0n) is 7.94. The summed E-state index contributed by atoms with van der Waals surface area (Å²) in [6.45, 7) is 0. The average molecular weight is 188 g/mol. The van der Waals surface area contributed by atoms with Crippen LogP contribution in [0.5, 0.6) is 0 Å². The van der Waals surface area contributed by atoms with Crippen molar-refractivity contribution in [3.05, 3.63) is 23.5 Å². The van der Waals surface area contributed by atoms with Crippen LogP contribution < -0.4 is 0 Å². The predicted molar refractivity (Wildman–Crippen MR) is 52.0 cm³/mol. The molecule has 72 valence electrons. The molecule has 0 N–H and O–H groups in total. The minimum atomic E-state index is 0.429. The van der Waals surface area contributed by atoms with Crippen molar-refractivity contribution in [3.8, 4) is 6.07 Å². The summed E-state index contributed by atoms with van der Waals surface area (Å²) in [6.07, 6.45) is 7.30. The van der Waals surface area contributed by atoms with Crippen LogP contribution in [0.2, 0.25) is 0 Å². The molecule has 1 aliphatic carbocycles. The highest BCUT2D eigenvalue weighted by atomic mass is 16.1. The number of hydrogen-bond acceptors (Lipinski definition) is 2. The molecule has 1 aromatic rings. The third kappa shape index (κ3) is 1.44. The Kier molecular flexibility index (Phi) is 2.36. The van der Waals surface area contributed by atoms with E-state index in [0.29, 0.717) is 17.3 Å². The van der Waals surface area contributed by atoms with Crippen molar-refractivity contribution in [3.63, 3.8) is 0 Å². The molecule has 0 unspecified atom stereocenters. The van der Waals surface area contributed by atoms with Gasteiger partial charge in [0.25, 0.3) is 0 Å².